The molecule has 0 unspecified atom stereocenters. The summed E-state index contributed by atoms with van der Waals surface area (Å²) in [7, 11) is -3.06. The largest absolute Gasteiger partial charge is 0.322 e. The molecule has 78 valence electrons. The van der Waals surface area contributed by atoms with Crippen LogP contribution in [0.3, 0.4) is 0 Å². The maximum absolute atomic E-state index is 11.0. The Morgan fingerprint density at radius 1 is 1.57 bits per heavy atom. The van der Waals surface area contributed by atoms with E-state index in [0.29, 0.717) is 10.3 Å². The van der Waals surface area contributed by atoms with Crippen LogP contribution in [0.15, 0.2) is 22.8 Å². The zero-order valence-corrected chi connectivity index (χ0v) is 10.0. The van der Waals surface area contributed by atoms with Crippen molar-refractivity contribution in [2.45, 2.75) is 6.04 Å². The fraction of sp³-hybridized carbons (Fsp3) is 0.375. The fourth-order valence-corrected chi connectivity index (χ4v) is 2.22. The SMILES string of the molecule is CS(=O)(=O)C[C@H](N)c1cccc(Br)n1. The number of sulfone groups is 1. The van der Waals surface area contributed by atoms with Gasteiger partial charge in [0.2, 0.25) is 0 Å². The average molecular weight is 279 g/mol. The van der Waals surface area contributed by atoms with Gasteiger partial charge in [-0.05, 0) is 28.1 Å². The minimum Gasteiger partial charge on any atom is -0.322 e. The molecule has 0 fully saturated rings. The van der Waals surface area contributed by atoms with E-state index >= 15 is 0 Å². The van der Waals surface area contributed by atoms with Gasteiger partial charge in [0.25, 0.3) is 0 Å². The lowest BCUT2D eigenvalue weighted by Gasteiger charge is -2.09. The van der Waals surface area contributed by atoms with E-state index in [1.54, 1.807) is 18.2 Å². The Kier molecular flexibility index (Phi) is 3.63. The van der Waals surface area contributed by atoms with E-state index < -0.39 is 15.9 Å². The summed E-state index contributed by atoms with van der Waals surface area (Å²) in [6.07, 6.45) is 1.16. The van der Waals surface area contributed by atoms with Gasteiger partial charge < -0.3 is 5.73 Å². The van der Waals surface area contributed by atoms with Gasteiger partial charge in [-0.15, -0.1) is 0 Å². The van der Waals surface area contributed by atoms with Crippen molar-refractivity contribution in [1.29, 1.82) is 0 Å². The summed E-state index contributed by atoms with van der Waals surface area (Å²) in [4.78, 5) is 4.08. The van der Waals surface area contributed by atoms with Crippen molar-refractivity contribution in [2.75, 3.05) is 12.0 Å². The van der Waals surface area contributed by atoms with E-state index in [9.17, 15) is 8.42 Å². The summed E-state index contributed by atoms with van der Waals surface area (Å²) in [6.45, 7) is 0. The molecule has 1 aromatic heterocycles. The number of nitrogens with two attached hydrogens (primary N) is 1. The molecule has 1 heterocycles. The van der Waals surface area contributed by atoms with Crippen molar-refractivity contribution >= 4 is 25.8 Å². The second-order valence-corrected chi connectivity index (χ2v) is 6.08. The van der Waals surface area contributed by atoms with Gasteiger partial charge in [-0.25, -0.2) is 13.4 Å². The predicted octanol–water partition coefficient (Wildman–Crippen LogP) is 0.888. The first kappa shape index (κ1) is 11.6. The van der Waals surface area contributed by atoms with Crippen molar-refractivity contribution < 1.29 is 8.42 Å². The van der Waals surface area contributed by atoms with E-state index in [-0.39, 0.29) is 5.75 Å². The monoisotopic (exact) mass is 278 g/mol. The molecule has 0 spiro atoms. The van der Waals surface area contributed by atoms with E-state index in [1.807, 2.05) is 0 Å². The highest BCUT2D eigenvalue weighted by Gasteiger charge is 2.14. The lowest BCUT2D eigenvalue weighted by molar-refractivity contribution is 0.593. The molecule has 1 rings (SSSR count). The molecular formula is C8H11BrN2O2S. The first-order chi connectivity index (χ1) is 6.38. The third-order valence-corrected chi connectivity index (χ3v) is 3.01. The van der Waals surface area contributed by atoms with Crippen molar-refractivity contribution in [3.63, 3.8) is 0 Å². The molecule has 0 amide bonds. The van der Waals surface area contributed by atoms with Crippen molar-refractivity contribution in [3.05, 3.63) is 28.5 Å². The van der Waals surface area contributed by atoms with Crippen LogP contribution in [0.2, 0.25) is 0 Å². The second kappa shape index (κ2) is 4.37. The summed E-state index contributed by atoms with van der Waals surface area (Å²) in [6, 6.07) is 4.67. The molecule has 0 saturated carbocycles. The van der Waals surface area contributed by atoms with Crippen LogP contribution in [0, 0.1) is 0 Å². The van der Waals surface area contributed by atoms with Crippen LogP contribution < -0.4 is 5.73 Å². The van der Waals surface area contributed by atoms with Crippen molar-refractivity contribution in [3.8, 4) is 0 Å². The molecule has 1 atom stereocenters. The quantitative estimate of drug-likeness (QED) is 0.834. The van der Waals surface area contributed by atoms with Gasteiger partial charge in [-0.1, -0.05) is 6.07 Å². The molecular weight excluding hydrogens is 268 g/mol. The van der Waals surface area contributed by atoms with Crippen LogP contribution in [-0.4, -0.2) is 25.4 Å². The van der Waals surface area contributed by atoms with E-state index in [2.05, 4.69) is 20.9 Å². The third kappa shape index (κ3) is 3.73. The van der Waals surface area contributed by atoms with Crippen LogP contribution in [0.25, 0.3) is 0 Å². The van der Waals surface area contributed by atoms with Gasteiger partial charge in [-0.2, -0.15) is 0 Å². The Morgan fingerprint density at radius 3 is 2.71 bits per heavy atom. The molecule has 4 nitrogen and oxygen atoms in total. The summed E-state index contributed by atoms with van der Waals surface area (Å²) in [5, 5.41) is 0. The number of nitrogens with zero attached hydrogens (tertiary/aromatic N) is 1. The highest BCUT2D eigenvalue weighted by molar-refractivity contribution is 9.10. The van der Waals surface area contributed by atoms with Crippen LogP contribution in [0.5, 0.6) is 0 Å². The maximum atomic E-state index is 11.0. The highest BCUT2D eigenvalue weighted by Crippen LogP contribution is 2.13. The van der Waals surface area contributed by atoms with Crippen molar-refractivity contribution in [2.24, 2.45) is 5.73 Å². The first-order valence-corrected chi connectivity index (χ1v) is 6.79. The molecule has 0 aromatic carbocycles. The van der Waals surface area contributed by atoms with Crippen LogP contribution >= 0.6 is 15.9 Å². The number of halogens is 1. The summed E-state index contributed by atoms with van der Waals surface area (Å²) < 4.78 is 22.6. The number of hydrogen-bond donors (Lipinski definition) is 1. The number of rotatable bonds is 3. The fourth-order valence-electron chi connectivity index (χ4n) is 1.04. The molecule has 1 aromatic rings. The molecule has 0 saturated heterocycles. The second-order valence-electron chi connectivity index (χ2n) is 3.08. The summed E-state index contributed by atoms with van der Waals surface area (Å²) in [5.74, 6) is -0.0869. The zero-order chi connectivity index (χ0) is 10.8. The lowest BCUT2D eigenvalue weighted by Crippen LogP contribution is -2.21. The summed E-state index contributed by atoms with van der Waals surface area (Å²) >= 11 is 3.19. The van der Waals surface area contributed by atoms with Gasteiger partial charge in [-0.3, -0.25) is 0 Å². The Labute approximate surface area is 91.6 Å². The van der Waals surface area contributed by atoms with Crippen LogP contribution in [0.1, 0.15) is 11.7 Å². The topological polar surface area (TPSA) is 73.0 Å². The minimum absolute atomic E-state index is 0.0869. The molecule has 2 N–H and O–H groups in total. The molecule has 0 bridgehead atoms. The Morgan fingerprint density at radius 2 is 2.21 bits per heavy atom. The molecule has 14 heavy (non-hydrogen) atoms. The smallest absolute Gasteiger partial charge is 0.149 e. The van der Waals surface area contributed by atoms with Gasteiger partial charge in [0.15, 0.2) is 0 Å². The Balaban J connectivity index is 2.85. The lowest BCUT2D eigenvalue weighted by atomic mass is 10.2. The van der Waals surface area contributed by atoms with Crippen molar-refractivity contribution in [1.82, 2.24) is 4.98 Å². The Hall–Kier alpha value is -0.460. The van der Waals surface area contributed by atoms with Gasteiger partial charge in [0.05, 0.1) is 17.5 Å². The molecule has 0 aliphatic carbocycles. The molecule has 0 aliphatic heterocycles. The number of hydrogen-bond acceptors (Lipinski definition) is 4. The van der Waals surface area contributed by atoms with Crippen LogP contribution in [-0.2, 0) is 9.84 Å². The van der Waals surface area contributed by atoms with Gasteiger partial charge in [0.1, 0.15) is 14.4 Å². The van der Waals surface area contributed by atoms with Gasteiger partial charge >= 0.3 is 0 Å². The predicted molar refractivity (Wildman–Crippen MR) is 58.6 cm³/mol. The third-order valence-electron chi connectivity index (χ3n) is 1.60. The number of pyridine rings is 1. The molecule has 6 heteroatoms. The molecule has 0 aliphatic rings. The Bertz CT molecular complexity index is 419. The summed E-state index contributed by atoms with van der Waals surface area (Å²) in [5.41, 5.74) is 6.26. The van der Waals surface area contributed by atoms with Gasteiger partial charge in [0, 0.05) is 6.26 Å². The standard InChI is InChI=1S/C8H11BrN2O2S/c1-14(12,13)5-6(10)7-3-2-4-8(9)11-7/h2-4,6H,5,10H2,1H3/t6-/m0/s1. The van der Waals surface area contributed by atoms with E-state index in [1.165, 1.54) is 0 Å². The number of aromatic nitrogens is 1. The average Bonchev–Trinajstić information content (AvgIpc) is 2.01. The van der Waals surface area contributed by atoms with E-state index in [0.717, 1.165) is 6.26 Å². The highest BCUT2D eigenvalue weighted by atomic mass is 79.9. The maximum Gasteiger partial charge on any atom is 0.149 e. The van der Waals surface area contributed by atoms with E-state index in [4.69, 9.17) is 5.73 Å². The first-order valence-electron chi connectivity index (χ1n) is 3.94. The van der Waals surface area contributed by atoms with Crippen LogP contribution in [0.4, 0.5) is 0 Å². The zero-order valence-electron chi connectivity index (χ0n) is 7.64. The minimum atomic E-state index is -3.06. The molecule has 0 radical (unpaired) electrons. The normalized spacial score (nSPS) is 13.9.